The SMILES string of the molecule is Cc1nn(C)c(N2CCOC(CO)C2)c1CNCC(C)C. The van der Waals surface area contributed by atoms with E-state index in [1.165, 1.54) is 5.56 Å². The number of morpholine rings is 1. The van der Waals surface area contributed by atoms with E-state index in [1.54, 1.807) is 0 Å². The summed E-state index contributed by atoms with van der Waals surface area (Å²) in [6, 6.07) is 0. The standard InChI is InChI=1S/C15H28N4O2/c1-11(2)7-16-8-14-12(3)17-18(4)15(14)19-5-6-21-13(9-19)10-20/h11,13,16,20H,5-10H2,1-4H3. The molecule has 1 aromatic rings. The van der Waals surface area contributed by atoms with Crippen molar-refractivity contribution in [1.29, 1.82) is 0 Å². The van der Waals surface area contributed by atoms with Crippen LogP contribution in [0.3, 0.4) is 0 Å². The molecule has 1 aliphatic rings. The molecule has 1 fully saturated rings. The van der Waals surface area contributed by atoms with Gasteiger partial charge in [-0.1, -0.05) is 13.8 Å². The first-order valence-corrected chi connectivity index (χ1v) is 7.73. The van der Waals surface area contributed by atoms with Crippen LogP contribution in [0, 0.1) is 12.8 Å². The lowest BCUT2D eigenvalue weighted by molar-refractivity contribution is 0.00314. The average Bonchev–Trinajstić information content (AvgIpc) is 2.73. The van der Waals surface area contributed by atoms with Crippen LogP contribution in [0.25, 0.3) is 0 Å². The van der Waals surface area contributed by atoms with Crippen LogP contribution < -0.4 is 10.2 Å². The quantitative estimate of drug-likeness (QED) is 0.808. The fraction of sp³-hybridized carbons (Fsp3) is 0.800. The molecular formula is C15H28N4O2. The third-order valence-electron chi connectivity index (χ3n) is 3.81. The van der Waals surface area contributed by atoms with Gasteiger partial charge in [0.1, 0.15) is 5.82 Å². The molecule has 1 unspecified atom stereocenters. The molecule has 1 aromatic heterocycles. The Hall–Kier alpha value is -1.11. The zero-order valence-corrected chi connectivity index (χ0v) is 13.6. The molecule has 6 nitrogen and oxygen atoms in total. The number of rotatable bonds is 6. The molecule has 2 heterocycles. The lowest BCUT2D eigenvalue weighted by Crippen LogP contribution is -2.45. The van der Waals surface area contributed by atoms with Gasteiger partial charge in [0, 0.05) is 32.2 Å². The summed E-state index contributed by atoms with van der Waals surface area (Å²) in [6.07, 6.45) is -0.106. The van der Waals surface area contributed by atoms with Gasteiger partial charge in [-0.05, 0) is 19.4 Å². The van der Waals surface area contributed by atoms with Crippen LogP contribution in [0.15, 0.2) is 0 Å². The zero-order chi connectivity index (χ0) is 15.4. The van der Waals surface area contributed by atoms with E-state index in [0.717, 1.165) is 31.1 Å². The molecule has 1 saturated heterocycles. The highest BCUT2D eigenvalue weighted by Gasteiger charge is 2.25. The number of aryl methyl sites for hydroxylation is 2. The minimum atomic E-state index is -0.106. The van der Waals surface area contributed by atoms with E-state index in [2.05, 4.69) is 36.1 Å². The second kappa shape index (κ2) is 7.24. The predicted octanol–water partition coefficient (Wildman–Crippen LogP) is 0.672. The lowest BCUT2D eigenvalue weighted by atomic mass is 10.2. The van der Waals surface area contributed by atoms with Crippen molar-refractivity contribution in [3.63, 3.8) is 0 Å². The van der Waals surface area contributed by atoms with Gasteiger partial charge in [0.15, 0.2) is 0 Å². The fourth-order valence-electron chi connectivity index (χ4n) is 2.80. The molecule has 2 rings (SSSR count). The second-order valence-electron chi connectivity index (χ2n) is 6.16. The summed E-state index contributed by atoms with van der Waals surface area (Å²) in [5.41, 5.74) is 2.31. The van der Waals surface area contributed by atoms with Gasteiger partial charge in [0.05, 0.1) is 25.0 Å². The van der Waals surface area contributed by atoms with Crippen molar-refractivity contribution < 1.29 is 9.84 Å². The van der Waals surface area contributed by atoms with E-state index in [4.69, 9.17) is 4.74 Å². The molecule has 2 N–H and O–H groups in total. The summed E-state index contributed by atoms with van der Waals surface area (Å²) in [4.78, 5) is 2.27. The third kappa shape index (κ3) is 3.96. The normalized spacial score (nSPS) is 19.5. The topological polar surface area (TPSA) is 62.6 Å². The van der Waals surface area contributed by atoms with E-state index in [0.29, 0.717) is 19.1 Å². The maximum absolute atomic E-state index is 9.32. The van der Waals surface area contributed by atoms with Gasteiger partial charge in [-0.3, -0.25) is 4.68 Å². The van der Waals surface area contributed by atoms with Gasteiger partial charge < -0.3 is 20.1 Å². The predicted molar refractivity (Wildman–Crippen MR) is 83.5 cm³/mol. The van der Waals surface area contributed by atoms with Crippen LogP contribution in [0.5, 0.6) is 0 Å². The van der Waals surface area contributed by atoms with E-state index < -0.39 is 0 Å². The summed E-state index contributed by atoms with van der Waals surface area (Å²) < 4.78 is 7.49. The molecule has 1 atom stereocenters. The number of aliphatic hydroxyl groups is 1. The Kier molecular flexibility index (Phi) is 5.61. The van der Waals surface area contributed by atoms with Crippen molar-refractivity contribution in [3.8, 4) is 0 Å². The van der Waals surface area contributed by atoms with Gasteiger partial charge in [-0.25, -0.2) is 0 Å². The van der Waals surface area contributed by atoms with Gasteiger partial charge in [-0.15, -0.1) is 0 Å². The molecule has 0 bridgehead atoms. The van der Waals surface area contributed by atoms with Gasteiger partial charge >= 0.3 is 0 Å². The van der Waals surface area contributed by atoms with Crippen molar-refractivity contribution in [2.75, 3.05) is 37.7 Å². The van der Waals surface area contributed by atoms with Crippen LogP contribution in [0.4, 0.5) is 5.82 Å². The minimum absolute atomic E-state index is 0.0638. The van der Waals surface area contributed by atoms with Crippen molar-refractivity contribution in [1.82, 2.24) is 15.1 Å². The van der Waals surface area contributed by atoms with Crippen LogP contribution in [-0.4, -0.2) is 53.8 Å². The Labute approximate surface area is 127 Å². The van der Waals surface area contributed by atoms with Crippen LogP contribution in [0.1, 0.15) is 25.1 Å². The first-order chi connectivity index (χ1) is 10.0. The summed E-state index contributed by atoms with van der Waals surface area (Å²) in [7, 11) is 1.98. The second-order valence-corrected chi connectivity index (χ2v) is 6.16. The highest BCUT2D eigenvalue weighted by Crippen LogP contribution is 2.25. The molecular weight excluding hydrogens is 268 g/mol. The number of hydrogen-bond acceptors (Lipinski definition) is 5. The van der Waals surface area contributed by atoms with E-state index in [9.17, 15) is 5.11 Å². The van der Waals surface area contributed by atoms with Crippen LogP contribution in [0.2, 0.25) is 0 Å². The van der Waals surface area contributed by atoms with Gasteiger partial charge in [0.2, 0.25) is 0 Å². The van der Waals surface area contributed by atoms with Crippen LogP contribution >= 0.6 is 0 Å². The molecule has 21 heavy (non-hydrogen) atoms. The molecule has 0 saturated carbocycles. The Morgan fingerprint density at radius 1 is 1.48 bits per heavy atom. The monoisotopic (exact) mass is 296 g/mol. The maximum atomic E-state index is 9.32. The Balaban J connectivity index is 2.13. The number of ether oxygens (including phenoxy) is 1. The molecule has 0 spiro atoms. The summed E-state index contributed by atoms with van der Waals surface area (Å²) in [5.74, 6) is 1.78. The molecule has 1 aliphatic heterocycles. The molecule has 120 valence electrons. The summed E-state index contributed by atoms with van der Waals surface area (Å²) in [5, 5.41) is 17.4. The first-order valence-electron chi connectivity index (χ1n) is 7.73. The van der Waals surface area contributed by atoms with Crippen molar-refractivity contribution in [2.45, 2.75) is 33.4 Å². The summed E-state index contributed by atoms with van der Waals surface area (Å²) >= 11 is 0. The van der Waals surface area contributed by atoms with Crippen molar-refractivity contribution in [2.24, 2.45) is 13.0 Å². The maximum Gasteiger partial charge on any atom is 0.131 e. The number of hydrogen-bond donors (Lipinski definition) is 2. The van der Waals surface area contributed by atoms with Crippen molar-refractivity contribution in [3.05, 3.63) is 11.3 Å². The Morgan fingerprint density at radius 2 is 2.24 bits per heavy atom. The van der Waals surface area contributed by atoms with Gasteiger partial charge in [-0.2, -0.15) is 5.10 Å². The van der Waals surface area contributed by atoms with Crippen molar-refractivity contribution >= 4 is 5.82 Å². The van der Waals surface area contributed by atoms with E-state index in [-0.39, 0.29) is 12.7 Å². The largest absolute Gasteiger partial charge is 0.394 e. The fourth-order valence-corrected chi connectivity index (χ4v) is 2.80. The third-order valence-corrected chi connectivity index (χ3v) is 3.81. The molecule has 0 aromatic carbocycles. The first kappa shape index (κ1) is 16.3. The Bertz CT molecular complexity index is 459. The smallest absolute Gasteiger partial charge is 0.131 e. The number of anilines is 1. The molecule has 0 aliphatic carbocycles. The minimum Gasteiger partial charge on any atom is -0.394 e. The molecule has 6 heteroatoms. The van der Waals surface area contributed by atoms with Crippen LogP contribution in [-0.2, 0) is 18.3 Å². The van der Waals surface area contributed by atoms with E-state index in [1.807, 2.05) is 11.7 Å². The molecule has 0 amide bonds. The highest BCUT2D eigenvalue weighted by atomic mass is 16.5. The van der Waals surface area contributed by atoms with E-state index >= 15 is 0 Å². The average molecular weight is 296 g/mol. The Morgan fingerprint density at radius 3 is 2.90 bits per heavy atom. The lowest BCUT2D eigenvalue weighted by Gasteiger charge is -2.34. The summed E-state index contributed by atoms with van der Waals surface area (Å²) in [6.45, 7) is 10.6. The number of nitrogens with zero attached hydrogens (tertiary/aromatic N) is 3. The molecule has 0 radical (unpaired) electrons. The number of aromatic nitrogens is 2. The van der Waals surface area contributed by atoms with Gasteiger partial charge in [0.25, 0.3) is 0 Å². The number of aliphatic hydroxyl groups excluding tert-OH is 1. The zero-order valence-electron chi connectivity index (χ0n) is 13.6. The number of nitrogens with one attached hydrogen (secondary N) is 1. The highest BCUT2D eigenvalue weighted by molar-refractivity contribution is 5.50.